The first-order chi connectivity index (χ1) is 7.09. The fourth-order valence-corrected chi connectivity index (χ4v) is 0.874. The molecule has 1 aromatic rings. The highest BCUT2D eigenvalue weighted by molar-refractivity contribution is 5.76. The topological polar surface area (TPSA) is 97.1 Å². The van der Waals surface area contributed by atoms with Gasteiger partial charge in [0, 0.05) is 12.7 Å². The lowest BCUT2D eigenvalue weighted by Crippen LogP contribution is -2.33. The number of nitrogens with one attached hydrogen (secondary N) is 1. The molecule has 1 aromatic heterocycles. The Balaban J connectivity index is 2.28. The Morgan fingerprint density at radius 2 is 2.33 bits per heavy atom. The predicted molar refractivity (Wildman–Crippen MR) is 49.8 cm³/mol. The minimum atomic E-state index is -0.934. The Bertz CT molecular complexity index is 336. The number of rotatable bonds is 5. The summed E-state index contributed by atoms with van der Waals surface area (Å²) in [6, 6.07) is 0. The molecule has 1 atom stereocenters. The molecule has 82 valence electrons. The molecule has 15 heavy (non-hydrogen) atoms. The van der Waals surface area contributed by atoms with Crippen molar-refractivity contribution in [2.45, 2.75) is 13.5 Å². The molecule has 1 unspecified atom stereocenters. The van der Waals surface area contributed by atoms with Gasteiger partial charge in [0.1, 0.15) is 6.54 Å². The second kappa shape index (κ2) is 5.08. The zero-order valence-electron chi connectivity index (χ0n) is 8.25. The smallest absolute Gasteiger partial charge is 0.308 e. The van der Waals surface area contributed by atoms with Gasteiger partial charge >= 0.3 is 5.97 Å². The largest absolute Gasteiger partial charge is 0.481 e. The summed E-state index contributed by atoms with van der Waals surface area (Å²) in [5, 5.41) is 18.2. The van der Waals surface area contributed by atoms with Gasteiger partial charge in [0.05, 0.1) is 12.1 Å². The van der Waals surface area contributed by atoms with Gasteiger partial charge < -0.3 is 10.4 Å². The number of carbonyl (C=O) groups excluding carboxylic acids is 1. The van der Waals surface area contributed by atoms with Crippen LogP contribution < -0.4 is 5.32 Å². The summed E-state index contributed by atoms with van der Waals surface area (Å²) in [5.74, 6) is -1.81. The summed E-state index contributed by atoms with van der Waals surface area (Å²) in [7, 11) is 0. The molecular weight excluding hydrogens is 200 g/mol. The van der Waals surface area contributed by atoms with Crippen molar-refractivity contribution < 1.29 is 14.7 Å². The van der Waals surface area contributed by atoms with Crippen molar-refractivity contribution in [3.8, 4) is 0 Å². The Labute approximate surface area is 86.1 Å². The van der Waals surface area contributed by atoms with Crippen LogP contribution in [0.3, 0.4) is 0 Å². The summed E-state index contributed by atoms with van der Waals surface area (Å²) >= 11 is 0. The number of aromatic nitrogens is 3. The predicted octanol–water partition coefficient (Wildman–Crippen LogP) is -0.885. The summed E-state index contributed by atoms with van der Waals surface area (Å²) in [6.45, 7) is 1.69. The lowest BCUT2D eigenvalue weighted by atomic mass is 10.2. The van der Waals surface area contributed by atoms with E-state index < -0.39 is 11.9 Å². The van der Waals surface area contributed by atoms with Gasteiger partial charge in [-0.05, 0) is 0 Å². The van der Waals surface area contributed by atoms with Gasteiger partial charge in [-0.2, -0.15) is 0 Å². The standard InChI is InChI=1S/C8H12N4O3/c1-6(8(14)15)4-9-7(13)5-12-3-2-10-11-12/h2-3,6H,4-5H2,1H3,(H,9,13)(H,14,15). The van der Waals surface area contributed by atoms with Gasteiger partial charge in [0.2, 0.25) is 5.91 Å². The molecule has 0 radical (unpaired) electrons. The first-order valence-electron chi connectivity index (χ1n) is 4.43. The second-order valence-electron chi connectivity index (χ2n) is 3.14. The van der Waals surface area contributed by atoms with E-state index in [2.05, 4.69) is 15.6 Å². The van der Waals surface area contributed by atoms with Gasteiger partial charge in [-0.25, -0.2) is 4.68 Å². The van der Waals surface area contributed by atoms with E-state index in [4.69, 9.17) is 5.11 Å². The van der Waals surface area contributed by atoms with Gasteiger partial charge in [-0.15, -0.1) is 5.10 Å². The SMILES string of the molecule is CC(CNC(=O)Cn1ccnn1)C(=O)O. The lowest BCUT2D eigenvalue weighted by molar-refractivity contribution is -0.141. The molecule has 2 N–H and O–H groups in total. The van der Waals surface area contributed by atoms with Crippen LogP contribution in [0.2, 0.25) is 0 Å². The molecule has 0 saturated carbocycles. The molecule has 0 saturated heterocycles. The zero-order chi connectivity index (χ0) is 11.3. The molecule has 0 aliphatic heterocycles. The number of hydrogen-bond acceptors (Lipinski definition) is 4. The van der Waals surface area contributed by atoms with Crippen LogP contribution in [0.25, 0.3) is 0 Å². The number of carbonyl (C=O) groups is 2. The van der Waals surface area contributed by atoms with E-state index in [1.165, 1.54) is 17.8 Å². The van der Waals surface area contributed by atoms with Crippen molar-refractivity contribution in [3.63, 3.8) is 0 Å². The van der Waals surface area contributed by atoms with E-state index >= 15 is 0 Å². The maximum absolute atomic E-state index is 11.2. The van der Waals surface area contributed by atoms with Crippen molar-refractivity contribution >= 4 is 11.9 Å². The summed E-state index contributed by atoms with van der Waals surface area (Å²) < 4.78 is 1.36. The highest BCUT2D eigenvalue weighted by Crippen LogP contribution is 1.91. The summed E-state index contributed by atoms with van der Waals surface area (Å²) in [6.07, 6.45) is 3.02. The summed E-state index contributed by atoms with van der Waals surface area (Å²) in [5.41, 5.74) is 0. The van der Waals surface area contributed by atoms with Crippen LogP contribution in [0.4, 0.5) is 0 Å². The molecule has 7 nitrogen and oxygen atoms in total. The van der Waals surface area contributed by atoms with Crippen LogP contribution in [0.5, 0.6) is 0 Å². The first-order valence-corrected chi connectivity index (χ1v) is 4.43. The van der Waals surface area contributed by atoms with Crippen molar-refractivity contribution in [1.82, 2.24) is 20.3 Å². The Hall–Kier alpha value is -1.92. The van der Waals surface area contributed by atoms with Crippen LogP contribution in [-0.2, 0) is 16.1 Å². The van der Waals surface area contributed by atoms with Crippen LogP contribution in [0.15, 0.2) is 12.4 Å². The van der Waals surface area contributed by atoms with Crippen LogP contribution in [-0.4, -0.2) is 38.5 Å². The van der Waals surface area contributed by atoms with Crippen molar-refractivity contribution in [2.75, 3.05) is 6.54 Å². The Kier molecular flexibility index (Phi) is 3.78. The molecule has 0 spiro atoms. The van der Waals surface area contributed by atoms with Crippen molar-refractivity contribution in [2.24, 2.45) is 5.92 Å². The van der Waals surface area contributed by atoms with E-state index in [-0.39, 0.29) is 19.0 Å². The average molecular weight is 212 g/mol. The van der Waals surface area contributed by atoms with E-state index in [1.807, 2.05) is 0 Å². The number of amides is 1. The second-order valence-corrected chi connectivity index (χ2v) is 3.14. The van der Waals surface area contributed by atoms with Crippen LogP contribution in [0, 0.1) is 5.92 Å². The molecule has 0 aromatic carbocycles. The third kappa shape index (κ3) is 3.75. The number of carboxylic acid groups (broad SMARTS) is 1. The highest BCUT2D eigenvalue weighted by atomic mass is 16.4. The van der Waals surface area contributed by atoms with Crippen LogP contribution >= 0.6 is 0 Å². The minimum Gasteiger partial charge on any atom is -0.481 e. The lowest BCUT2D eigenvalue weighted by Gasteiger charge is -2.07. The first kappa shape index (κ1) is 11.2. The highest BCUT2D eigenvalue weighted by Gasteiger charge is 2.12. The third-order valence-corrected chi connectivity index (χ3v) is 1.80. The molecule has 1 rings (SSSR count). The molecule has 0 aliphatic rings. The van der Waals surface area contributed by atoms with E-state index in [0.717, 1.165) is 0 Å². The fourth-order valence-electron chi connectivity index (χ4n) is 0.874. The molecule has 7 heteroatoms. The van der Waals surface area contributed by atoms with E-state index in [0.29, 0.717) is 0 Å². The fraction of sp³-hybridized carbons (Fsp3) is 0.500. The number of aliphatic carboxylic acids is 1. The third-order valence-electron chi connectivity index (χ3n) is 1.80. The number of nitrogens with zero attached hydrogens (tertiary/aromatic N) is 3. The van der Waals surface area contributed by atoms with Gasteiger partial charge in [-0.3, -0.25) is 9.59 Å². The Morgan fingerprint density at radius 3 is 2.87 bits per heavy atom. The molecular formula is C8H12N4O3. The number of hydrogen-bond donors (Lipinski definition) is 2. The maximum atomic E-state index is 11.2. The summed E-state index contributed by atoms with van der Waals surface area (Å²) in [4.78, 5) is 21.7. The normalized spacial score (nSPS) is 12.1. The molecule has 1 amide bonds. The van der Waals surface area contributed by atoms with Crippen LogP contribution in [0.1, 0.15) is 6.92 Å². The monoisotopic (exact) mass is 212 g/mol. The van der Waals surface area contributed by atoms with Crippen molar-refractivity contribution in [1.29, 1.82) is 0 Å². The molecule has 0 aliphatic carbocycles. The molecule has 0 fully saturated rings. The van der Waals surface area contributed by atoms with Gasteiger partial charge in [-0.1, -0.05) is 12.1 Å². The molecule has 1 heterocycles. The average Bonchev–Trinajstić information content (AvgIpc) is 2.66. The minimum absolute atomic E-state index is 0.0480. The zero-order valence-corrected chi connectivity index (χ0v) is 8.25. The van der Waals surface area contributed by atoms with Gasteiger partial charge in [0.15, 0.2) is 0 Å². The Morgan fingerprint density at radius 1 is 1.60 bits per heavy atom. The van der Waals surface area contributed by atoms with Gasteiger partial charge in [0.25, 0.3) is 0 Å². The quantitative estimate of drug-likeness (QED) is 0.660. The molecule has 0 bridgehead atoms. The maximum Gasteiger partial charge on any atom is 0.308 e. The van der Waals surface area contributed by atoms with E-state index in [9.17, 15) is 9.59 Å². The van der Waals surface area contributed by atoms with E-state index in [1.54, 1.807) is 6.20 Å². The van der Waals surface area contributed by atoms with Crippen molar-refractivity contribution in [3.05, 3.63) is 12.4 Å². The number of carboxylic acids is 1.